The van der Waals surface area contributed by atoms with Gasteiger partial charge in [0, 0.05) is 12.6 Å². The molecule has 0 spiro atoms. The summed E-state index contributed by atoms with van der Waals surface area (Å²) in [5.74, 6) is -0.694. The van der Waals surface area contributed by atoms with E-state index in [1.807, 2.05) is 24.3 Å². The molecule has 0 aliphatic carbocycles. The Labute approximate surface area is 150 Å². The van der Waals surface area contributed by atoms with Crippen molar-refractivity contribution in [2.75, 3.05) is 5.32 Å². The van der Waals surface area contributed by atoms with Gasteiger partial charge in [0.15, 0.2) is 0 Å². The highest BCUT2D eigenvalue weighted by Gasteiger charge is 2.48. The summed E-state index contributed by atoms with van der Waals surface area (Å²) in [6, 6.07) is 13.8. The highest BCUT2D eigenvalue weighted by atomic mass is 16.3. The Hall–Kier alpha value is -3.19. The molecule has 2 aromatic carbocycles. The predicted molar refractivity (Wildman–Crippen MR) is 96.2 cm³/mol. The van der Waals surface area contributed by atoms with Gasteiger partial charge in [-0.1, -0.05) is 36.4 Å². The summed E-state index contributed by atoms with van der Waals surface area (Å²) in [4.78, 5) is 34.3. The first kappa shape index (κ1) is 17.6. The van der Waals surface area contributed by atoms with Crippen molar-refractivity contribution in [3.05, 3.63) is 54.1 Å². The average molecular weight is 353 g/mol. The quantitative estimate of drug-likeness (QED) is 0.630. The maximum Gasteiger partial charge on any atom is 0.322 e. The first-order valence-electron chi connectivity index (χ1n) is 8.09. The Morgan fingerprint density at radius 3 is 2.04 bits per heavy atom. The number of carbonyl (C=O) groups excluding carboxylic acids is 3. The van der Waals surface area contributed by atoms with Crippen LogP contribution in [0.3, 0.4) is 0 Å². The van der Waals surface area contributed by atoms with Crippen molar-refractivity contribution in [3.63, 3.8) is 0 Å². The molecule has 1 aliphatic rings. The van der Waals surface area contributed by atoms with Gasteiger partial charge in [0.25, 0.3) is 5.91 Å². The van der Waals surface area contributed by atoms with Crippen LogP contribution in [0.15, 0.2) is 48.5 Å². The zero-order valence-electron chi connectivity index (χ0n) is 14.4. The summed E-state index contributed by atoms with van der Waals surface area (Å²) >= 11 is 0. The maximum atomic E-state index is 11.9. The molecule has 1 heterocycles. The minimum Gasteiger partial charge on any atom is -0.385 e. The van der Waals surface area contributed by atoms with Gasteiger partial charge in [-0.25, -0.2) is 4.79 Å². The van der Waals surface area contributed by atoms with Crippen LogP contribution in [-0.4, -0.2) is 28.5 Å². The fraction of sp³-hybridized carbons (Fsp3) is 0.211. The number of hydrogen-bond donors (Lipinski definition) is 4. The molecule has 0 radical (unpaired) electrons. The summed E-state index contributed by atoms with van der Waals surface area (Å²) < 4.78 is 0. The molecule has 4 N–H and O–H groups in total. The molecule has 0 saturated carbocycles. The van der Waals surface area contributed by atoms with Gasteiger partial charge in [-0.05, 0) is 35.7 Å². The summed E-state index contributed by atoms with van der Waals surface area (Å²) in [7, 11) is 0. The summed E-state index contributed by atoms with van der Waals surface area (Å²) in [6.07, 6.45) is -1.18. The van der Waals surface area contributed by atoms with Crippen LogP contribution in [0.5, 0.6) is 0 Å². The van der Waals surface area contributed by atoms with E-state index >= 15 is 0 Å². The zero-order valence-corrected chi connectivity index (χ0v) is 14.4. The van der Waals surface area contributed by atoms with Crippen LogP contribution in [0.4, 0.5) is 10.5 Å². The lowest BCUT2D eigenvalue weighted by atomic mass is 9.89. The van der Waals surface area contributed by atoms with Crippen molar-refractivity contribution in [2.45, 2.75) is 25.5 Å². The minimum atomic E-state index is -1.40. The van der Waals surface area contributed by atoms with E-state index in [-0.39, 0.29) is 5.91 Å². The van der Waals surface area contributed by atoms with E-state index in [2.05, 4.69) is 16.0 Å². The van der Waals surface area contributed by atoms with Crippen molar-refractivity contribution in [1.29, 1.82) is 0 Å². The molecule has 2 unspecified atom stereocenters. The van der Waals surface area contributed by atoms with E-state index in [4.69, 9.17) is 0 Å². The molecular formula is C19H19N3O4. The lowest BCUT2D eigenvalue weighted by Gasteiger charge is -2.27. The molecule has 134 valence electrons. The molecule has 2 aromatic rings. The maximum absolute atomic E-state index is 11.9. The van der Waals surface area contributed by atoms with Crippen molar-refractivity contribution >= 4 is 23.5 Å². The van der Waals surface area contributed by atoms with Gasteiger partial charge in [0.1, 0.15) is 11.6 Å². The number of aliphatic hydroxyl groups excluding tert-OH is 1. The largest absolute Gasteiger partial charge is 0.385 e. The van der Waals surface area contributed by atoms with E-state index in [1.165, 1.54) is 13.8 Å². The first-order chi connectivity index (χ1) is 12.3. The first-order valence-corrected chi connectivity index (χ1v) is 8.09. The predicted octanol–water partition coefficient (Wildman–Crippen LogP) is 1.94. The minimum absolute atomic E-state index is 0.132. The number of aliphatic hydroxyl groups is 1. The van der Waals surface area contributed by atoms with Crippen molar-refractivity contribution in [1.82, 2.24) is 10.6 Å². The van der Waals surface area contributed by atoms with E-state index in [0.717, 1.165) is 11.1 Å². The third kappa shape index (κ3) is 3.29. The van der Waals surface area contributed by atoms with Gasteiger partial charge in [0.2, 0.25) is 5.91 Å². The Balaban J connectivity index is 1.79. The van der Waals surface area contributed by atoms with Gasteiger partial charge in [-0.3, -0.25) is 14.9 Å². The van der Waals surface area contributed by atoms with E-state index in [1.54, 1.807) is 24.3 Å². The number of benzene rings is 2. The van der Waals surface area contributed by atoms with E-state index in [0.29, 0.717) is 11.3 Å². The van der Waals surface area contributed by atoms with Gasteiger partial charge in [0.05, 0.1) is 0 Å². The highest BCUT2D eigenvalue weighted by molar-refractivity contribution is 6.07. The van der Waals surface area contributed by atoms with Crippen LogP contribution < -0.4 is 16.0 Å². The molecule has 7 heteroatoms. The van der Waals surface area contributed by atoms with Crippen LogP contribution in [-0.2, 0) is 9.59 Å². The monoisotopic (exact) mass is 353 g/mol. The lowest BCUT2D eigenvalue weighted by Crippen LogP contribution is -2.49. The van der Waals surface area contributed by atoms with Crippen LogP contribution in [0, 0.1) is 0 Å². The van der Waals surface area contributed by atoms with Crippen LogP contribution >= 0.6 is 0 Å². The number of amides is 4. The topological polar surface area (TPSA) is 108 Å². The zero-order chi connectivity index (χ0) is 18.9. The Bertz CT molecular complexity index is 861. The molecule has 7 nitrogen and oxygen atoms in total. The Morgan fingerprint density at radius 2 is 1.58 bits per heavy atom. The molecule has 4 amide bonds. The number of imide groups is 1. The molecule has 2 atom stereocenters. The second-order valence-corrected chi connectivity index (χ2v) is 6.39. The van der Waals surface area contributed by atoms with Gasteiger partial charge < -0.3 is 15.7 Å². The fourth-order valence-corrected chi connectivity index (χ4v) is 2.89. The third-order valence-electron chi connectivity index (χ3n) is 4.38. The molecular weight excluding hydrogens is 334 g/mol. The van der Waals surface area contributed by atoms with Crippen molar-refractivity contribution < 1.29 is 19.5 Å². The molecule has 1 aliphatic heterocycles. The van der Waals surface area contributed by atoms with Crippen LogP contribution in [0.1, 0.15) is 25.5 Å². The average Bonchev–Trinajstić information content (AvgIpc) is 2.87. The normalized spacial score (nSPS) is 20.3. The summed E-state index contributed by atoms with van der Waals surface area (Å²) in [6.45, 7) is 2.93. The van der Waals surface area contributed by atoms with Gasteiger partial charge in [-0.2, -0.15) is 0 Å². The highest BCUT2D eigenvalue weighted by Crippen LogP contribution is 2.30. The second-order valence-electron chi connectivity index (χ2n) is 6.39. The summed E-state index contributed by atoms with van der Waals surface area (Å²) in [5.41, 5.74) is 1.69. The smallest absolute Gasteiger partial charge is 0.322 e. The summed E-state index contributed by atoms with van der Waals surface area (Å²) in [5, 5.41) is 17.8. The van der Waals surface area contributed by atoms with Crippen LogP contribution in [0.25, 0.3) is 11.1 Å². The standard InChI is InChI=1S/C19H19N3O4/c1-11(23)20-15-9-7-13(8-10-15)12-3-5-14(6-4-12)16(24)19(2)17(25)21-18(26)22-19/h3-10,16,24H,1-2H3,(H,20,23)(H2,21,22,25,26). The number of nitrogens with one attached hydrogen (secondary N) is 3. The third-order valence-corrected chi connectivity index (χ3v) is 4.38. The van der Waals surface area contributed by atoms with Gasteiger partial charge in [-0.15, -0.1) is 0 Å². The van der Waals surface area contributed by atoms with Crippen LogP contribution in [0.2, 0.25) is 0 Å². The SMILES string of the molecule is CC(=O)Nc1ccc(-c2ccc(C(O)C3(C)NC(=O)NC3=O)cc2)cc1. The molecule has 0 aromatic heterocycles. The Morgan fingerprint density at radius 1 is 1.04 bits per heavy atom. The number of hydrogen-bond acceptors (Lipinski definition) is 4. The van der Waals surface area contributed by atoms with E-state index in [9.17, 15) is 19.5 Å². The second kappa shape index (κ2) is 6.61. The molecule has 26 heavy (non-hydrogen) atoms. The van der Waals surface area contributed by atoms with Crippen molar-refractivity contribution in [2.24, 2.45) is 0 Å². The number of urea groups is 1. The van der Waals surface area contributed by atoms with E-state index < -0.39 is 23.6 Å². The van der Waals surface area contributed by atoms with Crippen molar-refractivity contribution in [3.8, 4) is 11.1 Å². The van der Waals surface area contributed by atoms with Gasteiger partial charge >= 0.3 is 6.03 Å². The molecule has 0 bridgehead atoms. The number of anilines is 1. The number of rotatable bonds is 4. The number of carbonyl (C=O) groups is 3. The lowest BCUT2D eigenvalue weighted by molar-refractivity contribution is -0.127. The molecule has 1 saturated heterocycles. The molecule has 1 fully saturated rings. The Kier molecular flexibility index (Phi) is 4.48. The fourth-order valence-electron chi connectivity index (χ4n) is 2.89. The molecule has 3 rings (SSSR count).